The number of methoxy groups -OCH3 is 1. The average molecular weight is 523 g/mol. The topological polar surface area (TPSA) is 42.0 Å². The molecule has 218 valence electrons. The molecule has 0 aliphatic rings. The number of nitrogens with zero attached hydrogens (tertiary/aromatic N) is 2. The number of unbranched alkanes of at least 4 members (excludes halogenated alkanes) is 10. The van der Waals surface area contributed by atoms with Crippen LogP contribution in [0, 0.1) is 0 Å². The molecule has 0 rings (SSSR count). The maximum Gasteiger partial charge on any atom is 0.307 e. The molecule has 0 aliphatic heterocycles. The van der Waals surface area contributed by atoms with Crippen LogP contribution in [0.2, 0.25) is 0 Å². The van der Waals surface area contributed by atoms with E-state index in [1.807, 2.05) is 0 Å². The number of esters is 1. The highest BCUT2D eigenvalue weighted by Gasteiger charge is 2.10. The highest BCUT2D eigenvalue weighted by atomic mass is 16.6. The molecule has 5 heteroatoms. The molecule has 0 aromatic heterocycles. The summed E-state index contributed by atoms with van der Waals surface area (Å²) in [6, 6.07) is 0. The second-order valence-corrected chi connectivity index (χ2v) is 10.1. The summed E-state index contributed by atoms with van der Waals surface area (Å²) in [4.78, 5) is 16.9. The normalized spacial score (nSPS) is 12.1. The van der Waals surface area contributed by atoms with E-state index in [0.717, 1.165) is 52.1 Å². The molecule has 0 radical (unpaired) electrons. The molecule has 0 spiro atoms. The highest BCUT2D eigenvalue weighted by Crippen LogP contribution is 2.10. The largest absolute Gasteiger partial charge is 0.463 e. The molecule has 0 aliphatic carbocycles. The van der Waals surface area contributed by atoms with E-state index in [9.17, 15) is 4.79 Å². The second kappa shape index (κ2) is 29.4. The molecule has 0 aromatic carbocycles. The fraction of sp³-hybridized carbons (Fsp3) is 0.844. The van der Waals surface area contributed by atoms with Crippen LogP contribution in [0.15, 0.2) is 24.3 Å². The zero-order chi connectivity index (χ0) is 27.2. The predicted molar refractivity (Wildman–Crippen MR) is 160 cm³/mol. The summed E-state index contributed by atoms with van der Waals surface area (Å²) in [5.74, 6) is -0.112. The molecular weight excluding hydrogens is 460 g/mol. The standard InChI is InChI=1S/C32H62N2O3/c1-5-8-9-10-11-12-13-14-15-16-17-18-19-20-21-22-23-26-34(28-24-27-33(6-2)7-3)29-25-32(35)37-31-30-36-4/h11-12,14-15H,5-10,13,16-31H2,1-4H3/b12-11-,15-14-. The number of rotatable bonds is 28. The summed E-state index contributed by atoms with van der Waals surface area (Å²) in [7, 11) is 1.62. The molecular formula is C32H62N2O3. The first-order chi connectivity index (χ1) is 18.2. The minimum absolute atomic E-state index is 0.112. The van der Waals surface area contributed by atoms with Gasteiger partial charge in [-0.25, -0.2) is 0 Å². The first kappa shape index (κ1) is 35.8. The molecule has 0 bridgehead atoms. The number of hydrogen-bond acceptors (Lipinski definition) is 5. The number of hydrogen-bond donors (Lipinski definition) is 0. The van der Waals surface area contributed by atoms with Crippen LogP contribution in [-0.4, -0.2) is 75.4 Å². The van der Waals surface area contributed by atoms with Crippen molar-refractivity contribution in [1.29, 1.82) is 0 Å². The molecule has 0 heterocycles. The SMILES string of the molecule is CCCCC/C=C\C/C=C\CCCCCCCCCN(CCCN(CC)CC)CCC(=O)OCCOC. The molecule has 0 saturated heterocycles. The van der Waals surface area contributed by atoms with Gasteiger partial charge in [-0.05, 0) is 77.7 Å². The number of ether oxygens (including phenoxy) is 2. The molecule has 0 atom stereocenters. The Labute approximate surface area is 231 Å². The Morgan fingerprint density at radius 1 is 0.622 bits per heavy atom. The molecule has 37 heavy (non-hydrogen) atoms. The van der Waals surface area contributed by atoms with E-state index in [4.69, 9.17) is 9.47 Å². The zero-order valence-electron chi connectivity index (χ0n) is 25.2. The fourth-order valence-corrected chi connectivity index (χ4v) is 4.45. The Kier molecular flexibility index (Phi) is 28.5. The van der Waals surface area contributed by atoms with Crippen molar-refractivity contribution in [3.8, 4) is 0 Å². The predicted octanol–water partition coefficient (Wildman–Crippen LogP) is 7.80. The third-order valence-corrected chi connectivity index (χ3v) is 6.95. The minimum Gasteiger partial charge on any atom is -0.463 e. The van der Waals surface area contributed by atoms with Gasteiger partial charge >= 0.3 is 5.97 Å². The maximum atomic E-state index is 12.0. The fourth-order valence-electron chi connectivity index (χ4n) is 4.45. The summed E-state index contributed by atoms with van der Waals surface area (Å²) in [6.07, 6.45) is 27.7. The van der Waals surface area contributed by atoms with Crippen LogP contribution in [0.25, 0.3) is 0 Å². The third kappa shape index (κ3) is 26.2. The Morgan fingerprint density at radius 2 is 1.19 bits per heavy atom. The molecule has 0 fully saturated rings. The second-order valence-electron chi connectivity index (χ2n) is 10.1. The van der Waals surface area contributed by atoms with Crippen LogP contribution in [0.4, 0.5) is 0 Å². The summed E-state index contributed by atoms with van der Waals surface area (Å²) in [5.41, 5.74) is 0. The van der Waals surface area contributed by atoms with Gasteiger partial charge in [-0.3, -0.25) is 4.79 Å². The first-order valence-electron chi connectivity index (χ1n) is 15.6. The quantitative estimate of drug-likeness (QED) is 0.0595. The molecule has 0 aromatic rings. The van der Waals surface area contributed by atoms with Gasteiger partial charge in [0.1, 0.15) is 6.61 Å². The van der Waals surface area contributed by atoms with Crippen LogP contribution in [0.3, 0.4) is 0 Å². The number of carbonyl (C=O) groups is 1. The Hall–Kier alpha value is -1.17. The Balaban J connectivity index is 3.91. The van der Waals surface area contributed by atoms with E-state index >= 15 is 0 Å². The monoisotopic (exact) mass is 522 g/mol. The van der Waals surface area contributed by atoms with Gasteiger partial charge in [-0.2, -0.15) is 0 Å². The smallest absolute Gasteiger partial charge is 0.307 e. The van der Waals surface area contributed by atoms with Gasteiger partial charge in [0.05, 0.1) is 13.0 Å². The summed E-state index contributed by atoms with van der Waals surface area (Å²) in [6.45, 7) is 13.8. The van der Waals surface area contributed by atoms with Gasteiger partial charge in [0.2, 0.25) is 0 Å². The molecule has 0 unspecified atom stereocenters. The first-order valence-corrected chi connectivity index (χ1v) is 15.6. The van der Waals surface area contributed by atoms with Crippen molar-refractivity contribution in [2.45, 2.75) is 117 Å². The van der Waals surface area contributed by atoms with Crippen molar-refractivity contribution < 1.29 is 14.3 Å². The maximum absolute atomic E-state index is 12.0. The average Bonchev–Trinajstić information content (AvgIpc) is 2.91. The van der Waals surface area contributed by atoms with E-state index in [2.05, 4.69) is 54.9 Å². The van der Waals surface area contributed by atoms with Crippen molar-refractivity contribution in [2.24, 2.45) is 0 Å². The third-order valence-electron chi connectivity index (χ3n) is 6.95. The van der Waals surface area contributed by atoms with Crippen LogP contribution in [-0.2, 0) is 14.3 Å². The minimum atomic E-state index is -0.112. The summed E-state index contributed by atoms with van der Waals surface area (Å²) in [5, 5.41) is 0. The van der Waals surface area contributed by atoms with Gasteiger partial charge in [0, 0.05) is 13.7 Å². The lowest BCUT2D eigenvalue weighted by atomic mass is 10.1. The molecule has 0 amide bonds. The van der Waals surface area contributed by atoms with E-state index < -0.39 is 0 Å². The van der Waals surface area contributed by atoms with Gasteiger partial charge < -0.3 is 19.3 Å². The van der Waals surface area contributed by atoms with Crippen LogP contribution in [0.5, 0.6) is 0 Å². The van der Waals surface area contributed by atoms with E-state index in [1.165, 1.54) is 77.0 Å². The summed E-state index contributed by atoms with van der Waals surface area (Å²) >= 11 is 0. The van der Waals surface area contributed by atoms with E-state index in [0.29, 0.717) is 19.6 Å². The Morgan fingerprint density at radius 3 is 1.81 bits per heavy atom. The van der Waals surface area contributed by atoms with Crippen molar-refractivity contribution >= 4 is 5.97 Å². The lowest BCUT2D eigenvalue weighted by Gasteiger charge is -2.24. The van der Waals surface area contributed by atoms with Crippen LogP contribution < -0.4 is 0 Å². The van der Waals surface area contributed by atoms with Crippen molar-refractivity contribution in [1.82, 2.24) is 9.80 Å². The van der Waals surface area contributed by atoms with E-state index in [1.54, 1.807) is 7.11 Å². The van der Waals surface area contributed by atoms with Crippen molar-refractivity contribution in [3.63, 3.8) is 0 Å². The van der Waals surface area contributed by atoms with Crippen LogP contribution >= 0.6 is 0 Å². The zero-order valence-corrected chi connectivity index (χ0v) is 25.2. The van der Waals surface area contributed by atoms with Crippen molar-refractivity contribution in [3.05, 3.63) is 24.3 Å². The molecule has 0 saturated carbocycles. The lowest BCUT2D eigenvalue weighted by molar-refractivity contribution is -0.145. The van der Waals surface area contributed by atoms with Gasteiger partial charge in [0.25, 0.3) is 0 Å². The van der Waals surface area contributed by atoms with Crippen LogP contribution in [0.1, 0.15) is 117 Å². The number of allylic oxidation sites excluding steroid dienone is 4. The van der Waals surface area contributed by atoms with E-state index in [-0.39, 0.29) is 5.97 Å². The van der Waals surface area contributed by atoms with Gasteiger partial charge in [-0.15, -0.1) is 0 Å². The lowest BCUT2D eigenvalue weighted by Crippen LogP contribution is -2.32. The molecule has 5 nitrogen and oxygen atoms in total. The number of carbonyl (C=O) groups excluding carboxylic acids is 1. The summed E-state index contributed by atoms with van der Waals surface area (Å²) < 4.78 is 10.2. The Bertz CT molecular complexity index is 532. The molecule has 0 N–H and O–H groups in total. The van der Waals surface area contributed by atoms with Crippen molar-refractivity contribution in [2.75, 3.05) is 59.6 Å². The van der Waals surface area contributed by atoms with Gasteiger partial charge in [0.15, 0.2) is 0 Å². The van der Waals surface area contributed by atoms with Gasteiger partial charge in [-0.1, -0.05) is 90.0 Å². The highest BCUT2D eigenvalue weighted by molar-refractivity contribution is 5.69.